The third-order valence-electron chi connectivity index (χ3n) is 5.46. The van der Waals surface area contributed by atoms with Gasteiger partial charge >= 0.3 is 0 Å². The predicted octanol–water partition coefficient (Wildman–Crippen LogP) is 3.26. The molecule has 0 amide bonds. The SMILES string of the molecule is CCCN(CC1CC1)C1(CN)CCC(C)C(C)C1. The van der Waals surface area contributed by atoms with Crippen LogP contribution in [-0.2, 0) is 0 Å². The molecule has 0 heterocycles. The van der Waals surface area contributed by atoms with E-state index in [1.165, 1.54) is 51.6 Å². The van der Waals surface area contributed by atoms with E-state index < -0.39 is 0 Å². The van der Waals surface area contributed by atoms with Gasteiger partial charge in [-0.2, -0.15) is 0 Å². The summed E-state index contributed by atoms with van der Waals surface area (Å²) in [5.74, 6) is 2.70. The zero-order chi connectivity index (χ0) is 13.2. The van der Waals surface area contributed by atoms with Crippen molar-refractivity contribution >= 4 is 0 Å². The molecule has 0 aromatic rings. The highest BCUT2D eigenvalue weighted by Crippen LogP contribution is 2.41. The van der Waals surface area contributed by atoms with E-state index in [0.717, 1.165) is 24.3 Å². The Morgan fingerprint density at radius 3 is 2.39 bits per heavy atom. The Balaban J connectivity index is 2.06. The predicted molar refractivity (Wildman–Crippen MR) is 78.6 cm³/mol. The van der Waals surface area contributed by atoms with Gasteiger partial charge in [0.25, 0.3) is 0 Å². The van der Waals surface area contributed by atoms with Crippen molar-refractivity contribution in [1.82, 2.24) is 4.90 Å². The van der Waals surface area contributed by atoms with Crippen molar-refractivity contribution in [2.45, 2.75) is 64.8 Å². The first-order valence-electron chi connectivity index (χ1n) is 8.06. The molecule has 0 aromatic heterocycles. The Morgan fingerprint density at radius 1 is 1.17 bits per heavy atom. The van der Waals surface area contributed by atoms with Crippen molar-refractivity contribution < 1.29 is 0 Å². The highest BCUT2D eigenvalue weighted by molar-refractivity contribution is 4.98. The monoisotopic (exact) mass is 252 g/mol. The summed E-state index contributed by atoms with van der Waals surface area (Å²) in [7, 11) is 0. The van der Waals surface area contributed by atoms with E-state index in [1.807, 2.05) is 0 Å². The second-order valence-corrected chi connectivity index (χ2v) is 7.02. The van der Waals surface area contributed by atoms with Crippen LogP contribution < -0.4 is 5.73 Å². The van der Waals surface area contributed by atoms with Gasteiger partial charge < -0.3 is 5.73 Å². The topological polar surface area (TPSA) is 29.3 Å². The number of nitrogens with zero attached hydrogens (tertiary/aromatic N) is 1. The van der Waals surface area contributed by atoms with Gasteiger partial charge in [-0.3, -0.25) is 4.90 Å². The van der Waals surface area contributed by atoms with E-state index in [2.05, 4.69) is 25.7 Å². The minimum absolute atomic E-state index is 0.324. The van der Waals surface area contributed by atoms with Gasteiger partial charge in [0.05, 0.1) is 0 Å². The van der Waals surface area contributed by atoms with E-state index in [0.29, 0.717) is 5.54 Å². The molecule has 2 saturated carbocycles. The Morgan fingerprint density at radius 2 is 1.89 bits per heavy atom. The highest BCUT2D eigenvalue weighted by Gasteiger charge is 2.42. The summed E-state index contributed by atoms with van der Waals surface area (Å²) in [5, 5.41) is 0. The van der Waals surface area contributed by atoms with Crippen LogP contribution in [0, 0.1) is 17.8 Å². The van der Waals surface area contributed by atoms with Crippen molar-refractivity contribution in [3.63, 3.8) is 0 Å². The van der Waals surface area contributed by atoms with Crippen LogP contribution >= 0.6 is 0 Å². The summed E-state index contributed by atoms with van der Waals surface area (Å²) >= 11 is 0. The molecule has 0 saturated heterocycles. The average Bonchev–Trinajstić information content (AvgIpc) is 3.16. The van der Waals surface area contributed by atoms with Crippen LogP contribution in [0.15, 0.2) is 0 Å². The standard InChI is InChI=1S/C16H32N2/c1-4-9-18(11-15-5-6-15)16(12-17)8-7-13(2)14(3)10-16/h13-15H,4-12,17H2,1-3H3. The molecule has 2 heteroatoms. The van der Waals surface area contributed by atoms with Crippen molar-refractivity contribution in [2.24, 2.45) is 23.5 Å². The summed E-state index contributed by atoms with van der Waals surface area (Å²) in [6, 6.07) is 0. The molecule has 106 valence electrons. The molecule has 18 heavy (non-hydrogen) atoms. The normalized spacial score (nSPS) is 37.2. The zero-order valence-corrected chi connectivity index (χ0v) is 12.6. The van der Waals surface area contributed by atoms with E-state index in [1.54, 1.807) is 0 Å². The summed E-state index contributed by atoms with van der Waals surface area (Å²) in [6.07, 6.45) is 8.17. The maximum Gasteiger partial charge on any atom is 0.0334 e. The van der Waals surface area contributed by atoms with Crippen LogP contribution in [0.5, 0.6) is 0 Å². The second kappa shape index (κ2) is 5.92. The fraction of sp³-hybridized carbons (Fsp3) is 1.00. The van der Waals surface area contributed by atoms with Crippen LogP contribution in [-0.4, -0.2) is 30.1 Å². The molecule has 2 aliphatic carbocycles. The maximum atomic E-state index is 6.23. The van der Waals surface area contributed by atoms with Crippen molar-refractivity contribution in [3.05, 3.63) is 0 Å². The minimum Gasteiger partial charge on any atom is -0.329 e. The molecule has 2 nitrogen and oxygen atoms in total. The summed E-state index contributed by atoms with van der Waals surface area (Å²) in [5.41, 5.74) is 6.56. The first kappa shape index (κ1) is 14.3. The first-order chi connectivity index (χ1) is 8.61. The largest absolute Gasteiger partial charge is 0.329 e. The van der Waals surface area contributed by atoms with Gasteiger partial charge in [-0.15, -0.1) is 0 Å². The lowest BCUT2D eigenvalue weighted by atomic mass is 9.70. The van der Waals surface area contributed by atoms with Gasteiger partial charge in [-0.05, 0) is 62.8 Å². The number of hydrogen-bond donors (Lipinski definition) is 1. The second-order valence-electron chi connectivity index (χ2n) is 7.02. The van der Waals surface area contributed by atoms with Gasteiger partial charge in [-0.1, -0.05) is 20.8 Å². The Kier molecular flexibility index (Phi) is 4.71. The lowest BCUT2D eigenvalue weighted by Crippen LogP contribution is -2.57. The van der Waals surface area contributed by atoms with Crippen LogP contribution in [0.4, 0.5) is 0 Å². The van der Waals surface area contributed by atoms with Gasteiger partial charge in [-0.25, -0.2) is 0 Å². The molecule has 3 atom stereocenters. The minimum atomic E-state index is 0.324. The van der Waals surface area contributed by atoms with Crippen LogP contribution in [0.1, 0.15) is 59.3 Å². The highest BCUT2D eigenvalue weighted by atomic mass is 15.2. The van der Waals surface area contributed by atoms with Crippen molar-refractivity contribution in [3.8, 4) is 0 Å². The van der Waals surface area contributed by atoms with E-state index in [9.17, 15) is 0 Å². The smallest absolute Gasteiger partial charge is 0.0334 e. The summed E-state index contributed by atoms with van der Waals surface area (Å²) < 4.78 is 0. The molecular weight excluding hydrogens is 220 g/mol. The summed E-state index contributed by atoms with van der Waals surface area (Å²) in [6.45, 7) is 10.6. The molecule has 0 radical (unpaired) electrons. The first-order valence-corrected chi connectivity index (χ1v) is 8.06. The van der Waals surface area contributed by atoms with Crippen LogP contribution in [0.2, 0.25) is 0 Å². The van der Waals surface area contributed by atoms with Crippen molar-refractivity contribution in [1.29, 1.82) is 0 Å². The molecule has 2 aliphatic rings. The van der Waals surface area contributed by atoms with Gasteiger partial charge in [0.1, 0.15) is 0 Å². The van der Waals surface area contributed by atoms with E-state index in [4.69, 9.17) is 5.73 Å². The molecular formula is C16H32N2. The number of hydrogen-bond acceptors (Lipinski definition) is 2. The Bertz CT molecular complexity index is 262. The quantitative estimate of drug-likeness (QED) is 0.786. The molecule has 2 N–H and O–H groups in total. The number of rotatable bonds is 6. The lowest BCUT2D eigenvalue weighted by molar-refractivity contribution is 0.0177. The summed E-state index contributed by atoms with van der Waals surface area (Å²) in [4.78, 5) is 2.77. The fourth-order valence-electron chi connectivity index (χ4n) is 3.69. The number of nitrogens with two attached hydrogens (primary N) is 1. The Hall–Kier alpha value is -0.0800. The van der Waals surface area contributed by atoms with Crippen molar-refractivity contribution in [2.75, 3.05) is 19.6 Å². The lowest BCUT2D eigenvalue weighted by Gasteiger charge is -2.49. The average molecular weight is 252 g/mol. The maximum absolute atomic E-state index is 6.23. The van der Waals surface area contributed by atoms with Gasteiger partial charge in [0, 0.05) is 18.6 Å². The van der Waals surface area contributed by atoms with Crippen LogP contribution in [0.25, 0.3) is 0 Å². The van der Waals surface area contributed by atoms with Gasteiger partial charge in [0.2, 0.25) is 0 Å². The molecule has 0 spiro atoms. The third kappa shape index (κ3) is 3.08. The zero-order valence-electron chi connectivity index (χ0n) is 12.6. The molecule has 0 aromatic carbocycles. The molecule has 2 fully saturated rings. The Labute approximate surface area is 113 Å². The van der Waals surface area contributed by atoms with E-state index in [-0.39, 0.29) is 0 Å². The van der Waals surface area contributed by atoms with E-state index >= 15 is 0 Å². The molecule has 3 unspecified atom stereocenters. The fourth-order valence-corrected chi connectivity index (χ4v) is 3.69. The van der Waals surface area contributed by atoms with Crippen LogP contribution in [0.3, 0.4) is 0 Å². The molecule has 2 rings (SSSR count). The molecule has 0 bridgehead atoms. The third-order valence-corrected chi connectivity index (χ3v) is 5.46. The molecule has 0 aliphatic heterocycles. The van der Waals surface area contributed by atoms with Gasteiger partial charge in [0.15, 0.2) is 0 Å².